The summed E-state index contributed by atoms with van der Waals surface area (Å²) in [5, 5.41) is 3.62. The van der Waals surface area contributed by atoms with E-state index in [0.29, 0.717) is 19.3 Å². The highest BCUT2D eigenvalue weighted by Gasteiger charge is 2.17. The van der Waals surface area contributed by atoms with Gasteiger partial charge in [0.25, 0.3) is 0 Å². The summed E-state index contributed by atoms with van der Waals surface area (Å²) in [6, 6.07) is 27.2. The SMILES string of the molecule is c1ccc(COc2ccc(C3CCCCN3)cc2OCc2ccccc2)cc1. The summed E-state index contributed by atoms with van der Waals surface area (Å²) < 4.78 is 12.3. The number of rotatable bonds is 7. The van der Waals surface area contributed by atoms with Crippen LogP contribution in [0.5, 0.6) is 11.5 Å². The number of nitrogens with one attached hydrogen (secondary N) is 1. The molecule has 0 saturated carbocycles. The van der Waals surface area contributed by atoms with Crippen molar-refractivity contribution in [1.29, 1.82) is 0 Å². The van der Waals surface area contributed by atoms with Crippen LogP contribution < -0.4 is 14.8 Å². The minimum absolute atomic E-state index is 0.399. The first-order valence-electron chi connectivity index (χ1n) is 10.1. The number of benzene rings is 3. The minimum atomic E-state index is 0.399. The first-order valence-corrected chi connectivity index (χ1v) is 10.1. The molecule has 3 heteroatoms. The van der Waals surface area contributed by atoms with Crippen LogP contribution in [0.2, 0.25) is 0 Å². The van der Waals surface area contributed by atoms with E-state index < -0.39 is 0 Å². The van der Waals surface area contributed by atoms with Crippen molar-refractivity contribution in [1.82, 2.24) is 5.32 Å². The largest absolute Gasteiger partial charge is 0.485 e. The summed E-state index contributed by atoms with van der Waals surface area (Å²) in [7, 11) is 0. The third-order valence-corrected chi connectivity index (χ3v) is 5.15. The fourth-order valence-electron chi connectivity index (χ4n) is 3.58. The molecule has 1 aliphatic heterocycles. The molecule has 3 aromatic rings. The van der Waals surface area contributed by atoms with Crippen LogP contribution in [0.15, 0.2) is 78.9 Å². The molecule has 3 aromatic carbocycles. The van der Waals surface area contributed by atoms with E-state index in [1.54, 1.807) is 0 Å². The Kier molecular flexibility index (Phi) is 6.25. The third kappa shape index (κ3) is 4.93. The van der Waals surface area contributed by atoms with Crippen molar-refractivity contribution < 1.29 is 9.47 Å². The Bertz CT molecular complexity index is 858. The van der Waals surface area contributed by atoms with Gasteiger partial charge in [-0.05, 0) is 48.2 Å². The summed E-state index contributed by atoms with van der Waals surface area (Å²) in [6.45, 7) is 2.14. The van der Waals surface area contributed by atoms with Crippen LogP contribution in [0.1, 0.15) is 42.0 Å². The lowest BCUT2D eigenvalue weighted by molar-refractivity contribution is 0.255. The van der Waals surface area contributed by atoms with Crippen LogP contribution in [0, 0.1) is 0 Å². The zero-order valence-electron chi connectivity index (χ0n) is 16.1. The zero-order chi connectivity index (χ0) is 19.0. The average molecular weight is 373 g/mol. The van der Waals surface area contributed by atoms with E-state index >= 15 is 0 Å². The van der Waals surface area contributed by atoms with Gasteiger partial charge < -0.3 is 14.8 Å². The van der Waals surface area contributed by atoms with Crippen LogP contribution in [0.4, 0.5) is 0 Å². The van der Waals surface area contributed by atoms with Gasteiger partial charge in [0.15, 0.2) is 11.5 Å². The molecule has 4 rings (SSSR count). The minimum Gasteiger partial charge on any atom is -0.485 e. The highest BCUT2D eigenvalue weighted by Crippen LogP contribution is 2.34. The molecule has 1 fully saturated rings. The number of ether oxygens (including phenoxy) is 2. The first kappa shape index (κ1) is 18.6. The van der Waals surface area contributed by atoms with Crippen molar-refractivity contribution in [2.45, 2.75) is 38.5 Å². The van der Waals surface area contributed by atoms with E-state index in [1.165, 1.54) is 24.8 Å². The highest BCUT2D eigenvalue weighted by molar-refractivity contribution is 5.44. The van der Waals surface area contributed by atoms with E-state index in [1.807, 2.05) is 36.4 Å². The lowest BCUT2D eigenvalue weighted by Crippen LogP contribution is -2.26. The van der Waals surface area contributed by atoms with Gasteiger partial charge in [-0.1, -0.05) is 73.2 Å². The molecule has 1 saturated heterocycles. The molecule has 1 atom stereocenters. The van der Waals surface area contributed by atoms with Crippen molar-refractivity contribution in [3.63, 3.8) is 0 Å². The van der Waals surface area contributed by atoms with Gasteiger partial charge >= 0.3 is 0 Å². The standard InChI is InChI=1S/C25H27NO2/c1-3-9-20(10-4-1)18-27-24-15-14-22(23-13-7-8-16-26-23)17-25(24)28-19-21-11-5-2-6-12-21/h1-6,9-12,14-15,17,23,26H,7-8,13,16,18-19H2. The topological polar surface area (TPSA) is 30.5 Å². The maximum atomic E-state index is 6.19. The van der Waals surface area contributed by atoms with E-state index in [-0.39, 0.29) is 0 Å². The van der Waals surface area contributed by atoms with Crippen LogP contribution in [-0.2, 0) is 13.2 Å². The Balaban J connectivity index is 1.52. The Labute approximate surface area is 167 Å². The Morgan fingerprint density at radius 2 is 1.36 bits per heavy atom. The molecule has 0 spiro atoms. The Morgan fingerprint density at radius 1 is 0.714 bits per heavy atom. The van der Waals surface area contributed by atoms with E-state index in [4.69, 9.17) is 9.47 Å². The Hall–Kier alpha value is -2.78. The van der Waals surface area contributed by atoms with Crippen LogP contribution in [0.3, 0.4) is 0 Å². The molecule has 1 aliphatic rings. The molecule has 0 aliphatic carbocycles. The predicted molar refractivity (Wildman–Crippen MR) is 113 cm³/mol. The molecule has 144 valence electrons. The summed E-state index contributed by atoms with van der Waals surface area (Å²) in [4.78, 5) is 0. The summed E-state index contributed by atoms with van der Waals surface area (Å²) >= 11 is 0. The normalized spacial score (nSPS) is 16.5. The van der Waals surface area contributed by atoms with Gasteiger partial charge in [0.2, 0.25) is 0 Å². The third-order valence-electron chi connectivity index (χ3n) is 5.15. The van der Waals surface area contributed by atoms with Gasteiger partial charge in [0, 0.05) is 6.04 Å². The van der Waals surface area contributed by atoms with Crippen molar-refractivity contribution in [2.75, 3.05) is 6.54 Å². The Morgan fingerprint density at radius 3 is 1.96 bits per heavy atom. The second-order valence-corrected chi connectivity index (χ2v) is 7.26. The van der Waals surface area contributed by atoms with Gasteiger partial charge in [0.05, 0.1) is 0 Å². The number of hydrogen-bond acceptors (Lipinski definition) is 3. The molecule has 1 unspecified atom stereocenters. The molecule has 1 heterocycles. The van der Waals surface area contributed by atoms with E-state index in [0.717, 1.165) is 29.2 Å². The number of hydrogen-bond donors (Lipinski definition) is 1. The molecule has 0 aromatic heterocycles. The van der Waals surface area contributed by atoms with Crippen LogP contribution >= 0.6 is 0 Å². The van der Waals surface area contributed by atoms with Gasteiger partial charge in [-0.15, -0.1) is 0 Å². The summed E-state index contributed by atoms with van der Waals surface area (Å²) in [5.41, 5.74) is 3.57. The fourth-order valence-corrected chi connectivity index (χ4v) is 3.58. The molecule has 3 nitrogen and oxygen atoms in total. The number of piperidine rings is 1. The van der Waals surface area contributed by atoms with Crippen molar-refractivity contribution in [2.24, 2.45) is 0 Å². The maximum absolute atomic E-state index is 6.19. The predicted octanol–water partition coefficient (Wildman–Crippen LogP) is 5.66. The van der Waals surface area contributed by atoms with Gasteiger partial charge in [-0.3, -0.25) is 0 Å². The van der Waals surface area contributed by atoms with Gasteiger partial charge in [0.1, 0.15) is 13.2 Å². The maximum Gasteiger partial charge on any atom is 0.162 e. The summed E-state index contributed by atoms with van der Waals surface area (Å²) in [6.07, 6.45) is 3.69. The highest BCUT2D eigenvalue weighted by atomic mass is 16.5. The van der Waals surface area contributed by atoms with E-state index in [9.17, 15) is 0 Å². The lowest BCUT2D eigenvalue weighted by atomic mass is 9.97. The van der Waals surface area contributed by atoms with Crippen LogP contribution in [-0.4, -0.2) is 6.54 Å². The van der Waals surface area contributed by atoms with E-state index in [2.05, 4.69) is 47.8 Å². The van der Waals surface area contributed by atoms with Crippen molar-refractivity contribution in [3.05, 3.63) is 95.6 Å². The molecule has 28 heavy (non-hydrogen) atoms. The zero-order valence-corrected chi connectivity index (χ0v) is 16.1. The quantitative estimate of drug-likeness (QED) is 0.580. The smallest absolute Gasteiger partial charge is 0.162 e. The monoisotopic (exact) mass is 373 g/mol. The van der Waals surface area contributed by atoms with Gasteiger partial charge in [-0.25, -0.2) is 0 Å². The van der Waals surface area contributed by atoms with Crippen LogP contribution in [0.25, 0.3) is 0 Å². The molecule has 0 bridgehead atoms. The molecule has 1 N–H and O–H groups in total. The molecule has 0 radical (unpaired) electrons. The van der Waals surface area contributed by atoms with Gasteiger partial charge in [-0.2, -0.15) is 0 Å². The van der Waals surface area contributed by atoms with Crippen molar-refractivity contribution in [3.8, 4) is 11.5 Å². The fraction of sp³-hybridized carbons (Fsp3) is 0.280. The van der Waals surface area contributed by atoms with Crippen molar-refractivity contribution >= 4 is 0 Å². The molecule has 0 amide bonds. The molecular weight excluding hydrogens is 346 g/mol. The molecular formula is C25H27NO2. The lowest BCUT2D eigenvalue weighted by Gasteiger charge is -2.25. The second kappa shape index (κ2) is 9.43. The first-order chi connectivity index (χ1) is 13.9. The second-order valence-electron chi connectivity index (χ2n) is 7.26. The summed E-state index contributed by atoms with van der Waals surface area (Å²) in [5.74, 6) is 1.60. The average Bonchev–Trinajstić information content (AvgIpc) is 2.78.